The van der Waals surface area contributed by atoms with Crippen molar-refractivity contribution >= 4 is 19.5 Å². The number of aromatic nitrogens is 2. The van der Waals surface area contributed by atoms with Gasteiger partial charge < -0.3 is 24.8 Å². The molecule has 204 valence electrons. The molecule has 1 fully saturated rings. The third-order valence-electron chi connectivity index (χ3n) is 5.34. The minimum atomic E-state index is -4.35. The van der Waals surface area contributed by atoms with Crippen molar-refractivity contribution in [3.8, 4) is 5.75 Å². The standard InChI is InChI=1S/C22H29F2N4O8P/c1-12(2)34-19(30)13(3)27-37(32,36-14-8-6-5-7-9-14)33-11-16-17(29)22(4,24)20(35-16)28-10-15(23)18(25)26-21(28)31/h5-10,12-13,16-17,20,29H,11H2,1-4H3,(H,27,32)(H2,25,26,31)/t13-,16+,17?,20+,22?,37?/m0/s1. The lowest BCUT2D eigenvalue weighted by molar-refractivity contribution is -0.149. The van der Waals surface area contributed by atoms with Crippen molar-refractivity contribution in [3.63, 3.8) is 0 Å². The van der Waals surface area contributed by atoms with Gasteiger partial charge in [-0.1, -0.05) is 18.2 Å². The number of aliphatic hydroxyl groups is 1. The van der Waals surface area contributed by atoms with Crippen LogP contribution in [0.4, 0.5) is 14.6 Å². The maximum absolute atomic E-state index is 15.5. The highest BCUT2D eigenvalue weighted by Crippen LogP contribution is 2.47. The number of nitrogens with two attached hydrogens (primary N) is 1. The van der Waals surface area contributed by atoms with Gasteiger partial charge in [-0.15, -0.1) is 0 Å². The number of esters is 1. The Morgan fingerprint density at radius 2 is 2.00 bits per heavy atom. The molecule has 1 saturated heterocycles. The third kappa shape index (κ3) is 6.70. The Morgan fingerprint density at radius 1 is 1.35 bits per heavy atom. The highest BCUT2D eigenvalue weighted by molar-refractivity contribution is 7.52. The Labute approximate surface area is 211 Å². The summed E-state index contributed by atoms with van der Waals surface area (Å²) < 4.78 is 65.0. The topological polar surface area (TPSA) is 164 Å². The van der Waals surface area contributed by atoms with Crippen molar-refractivity contribution in [2.45, 2.75) is 63.9 Å². The molecular formula is C22H29F2N4O8P. The van der Waals surface area contributed by atoms with Gasteiger partial charge in [0.15, 0.2) is 23.5 Å². The van der Waals surface area contributed by atoms with Gasteiger partial charge in [0.05, 0.1) is 18.9 Å². The molecule has 0 amide bonds. The van der Waals surface area contributed by atoms with Crippen molar-refractivity contribution < 1.29 is 41.8 Å². The van der Waals surface area contributed by atoms with Gasteiger partial charge in [0.25, 0.3) is 0 Å². The fraction of sp³-hybridized carbons (Fsp3) is 0.500. The quantitative estimate of drug-likeness (QED) is 0.295. The number of nitrogen functional groups attached to an aromatic ring is 1. The van der Waals surface area contributed by atoms with E-state index in [9.17, 15) is 23.7 Å². The zero-order valence-electron chi connectivity index (χ0n) is 20.5. The zero-order valence-corrected chi connectivity index (χ0v) is 21.4. The van der Waals surface area contributed by atoms with E-state index in [1.165, 1.54) is 19.1 Å². The van der Waals surface area contributed by atoms with Crippen molar-refractivity contribution in [2.24, 2.45) is 0 Å². The fourth-order valence-electron chi connectivity index (χ4n) is 3.48. The number of alkyl halides is 1. The Kier molecular flexibility index (Phi) is 8.70. The van der Waals surface area contributed by atoms with Crippen LogP contribution in [0.1, 0.15) is 33.9 Å². The number of nitrogens with zero attached hydrogens (tertiary/aromatic N) is 2. The van der Waals surface area contributed by atoms with Crippen LogP contribution in [-0.4, -0.2) is 57.3 Å². The molecular weight excluding hydrogens is 517 g/mol. The van der Waals surface area contributed by atoms with E-state index in [-0.39, 0.29) is 5.75 Å². The third-order valence-corrected chi connectivity index (χ3v) is 6.98. The van der Waals surface area contributed by atoms with Crippen LogP contribution >= 0.6 is 7.75 Å². The van der Waals surface area contributed by atoms with E-state index in [0.717, 1.165) is 6.92 Å². The number of hydrogen-bond donors (Lipinski definition) is 3. The van der Waals surface area contributed by atoms with Crippen LogP contribution < -0.4 is 21.0 Å². The number of halogens is 2. The molecule has 1 aromatic heterocycles. The molecule has 6 atom stereocenters. The van der Waals surface area contributed by atoms with Gasteiger partial charge in [0.2, 0.25) is 0 Å². The molecule has 0 saturated carbocycles. The van der Waals surface area contributed by atoms with Crippen LogP contribution in [0.3, 0.4) is 0 Å². The first-order valence-electron chi connectivity index (χ1n) is 11.3. The summed E-state index contributed by atoms with van der Waals surface area (Å²) in [6.45, 7) is 4.88. The Bertz CT molecular complexity index is 1210. The summed E-state index contributed by atoms with van der Waals surface area (Å²) in [5.41, 5.74) is 1.54. The maximum atomic E-state index is 15.5. The van der Waals surface area contributed by atoms with Crippen LogP contribution in [0, 0.1) is 5.82 Å². The lowest BCUT2D eigenvalue weighted by Crippen LogP contribution is -2.43. The summed E-state index contributed by atoms with van der Waals surface area (Å²) in [6, 6.07) is 6.73. The molecule has 0 aliphatic carbocycles. The first kappa shape index (κ1) is 28.7. The van der Waals surface area contributed by atoms with E-state index >= 15 is 4.39 Å². The first-order chi connectivity index (χ1) is 17.2. The highest BCUT2D eigenvalue weighted by Gasteiger charge is 2.56. The fourth-order valence-corrected chi connectivity index (χ4v) is 4.98. The molecule has 12 nitrogen and oxygen atoms in total. The number of para-hydroxylation sites is 1. The number of ether oxygens (including phenoxy) is 2. The smallest absolute Gasteiger partial charge is 0.459 e. The predicted molar refractivity (Wildman–Crippen MR) is 127 cm³/mol. The number of carbonyl (C=O) groups excluding carboxylic acids is 1. The van der Waals surface area contributed by atoms with Gasteiger partial charge >= 0.3 is 19.4 Å². The molecule has 37 heavy (non-hydrogen) atoms. The van der Waals surface area contributed by atoms with E-state index in [0.29, 0.717) is 10.8 Å². The molecule has 3 rings (SSSR count). The molecule has 1 aromatic carbocycles. The number of anilines is 1. The summed E-state index contributed by atoms with van der Waals surface area (Å²) >= 11 is 0. The summed E-state index contributed by atoms with van der Waals surface area (Å²) in [4.78, 5) is 27.7. The number of aliphatic hydroxyl groups excluding tert-OH is 1. The van der Waals surface area contributed by atoms with E-state index < -0.39 is 73.9 Å². The normalized spacial score (nSPS) is 26.0. The molecule has 1 aliphatic rings. The van der Waals surface area contributed by atoms with Gasteiger partial charge in [-0.2, -0.15) is 10.1 Å². The summed E-state index contributed by atoms with van der Waals surface area (Å²) in [5.74, 6) is -2.39. The molecule has 2 heterocycles. The van der Waals surface area contributed by atoms with Crippen molar-refractivity contribution in [1.82, 2.24) is 14.6 Å². The van der Waals surface area contributed by atoms with Gasteiger partial charge in [-0.25, -0.2) is 18.1 Å². The molecule has 0 radical (unpaired) electrons. The van der Waals surface area contributed by atoms with Gasteiger partial charge in [-0.05, 0) is 39.8 Å². The number of nitrogens with one attached hydrogen (secondary N) is 1. The zero-order chi connectivity index (χ0) is 27.5. The molecule has 4 N–H and O–H groups in total. The molecule has 2 aromatic rings. The Balaban J connectivity index is 1.81. The second kappa shape index (κ2) is 11.2. The minimum Gasteiger partial charge on any atom is -0.462 e. The molecule has 15 heteroatoms. The predicted octanol–water partition coefficient (Wildman–Crippen LogP) is 2.08. The summed E-state index contributed by atoms with van der Waals surface area (Å²) in [7, 11) is -4.35. The lowest BCUT2D eigenvalue weighted by Gasteiger charge is -2.25. The molecule has 3 unspecified atom stereocenters. The average Bonchev–Trinajstić information content (AvgIpc) is 3.03. The van der Waals surface area contributed by atoms with Crippen LogP contribution in [0.2, 0.25) is 0 Å². The second-order valence-corrected chi connectivity index (χ2v) is 10.5. The van der Waals surface area contributed by atoms with E-state index in [1.54, 1.807) is 32.0 Å². The second-order valence-electron chi connectivity index (χ2n) is 8.82. The van der Waals surface area contributed by atoms with Crippen LogP contribution in [-0.2, 0) is 23.4 Å². The van der Waals surface area contributed by atoms with Gasteiger partial charge in [-0.3, -0.25) is 13.9 Å². The van der Waals surface area contributed by atoms with Crippen molar-refractivity contribution in [1.29, 1.82) is 0 Å². The van der Waals surface area contributed by atoms with Crippen LogP contribution in [0.15, 0.2) is 41.3 Å². The van der Waals surface area contributed by atoms with E-state index in [4.69, 9.17) is 24.3 Å². The van der Waals surface area contributed by atoms with Gasteiger partial charge in [0.1, 0.15) is 24.0 Å². The van der Waals surface area contributed by atoms with Crippen molar-refractivity contribution in [3.05, 3.63) is 52.8 Å². The molecule has 0 spiro atoms. The summed E-state index contributed by atoms with van der Waals surface area (Å²) in [6.07, 6.45) is -5.04. The monoisotopic (exact) mass is 546 g/mol. The van der Waals surface area contributed by atoms with E-state index in [2.05, 4.69) is 10.1 Å². The molecule has 0 bridgehead atoms. The minimum absolute atomic E-state index is 0.124. The van der Waals surface area contributed by atoms with Crippen LogP contribution in [0.5, 0.6) is 5.75 Å². The van der Waals surface area contributed by atoms with E-state index in [1.807, 2.05) is 0 Å². The number of carbonyl (C=O) groups is 1. The van der Waals surface area contributed by atoms with Gasteiger partial charge in [0, 0.05) is 0 Å². The Hall–Kier alpha value is -2.90. The number of hydrogen-bond acceptors (Lipinski definition) is 10. The SMILES string of the molecule is CC(C)OC(=O)[C@H](C)NP(=O)(OC[C@H]1O[C@@H](n2cc(F)c(N)nc2=O)C(C)(F)C1O)Oc1ccccc1. The van der Waals surface area contributed by atoms with Crippen molar-refractivity contribution in [2.75, 3.05) is 12.3 Å². The number of benzene rings is 1. The maximum Gasteiger partial charge on any atom is 0.459 e. The summed E-state index contributed by atoms with van der Waals surface area (Å²) in [5, 5.41) is 13.0. The largest absolute Gasteiger partial charge is 0.462 e. The Morgan fingerprint density at radius 3 is 2.62 bits per heavy atom. The first-order valence-corrected chi connectivity index (χ1v) is 12.8. The number of rotatable bonds is 10. The molecule has 1 aliphatic heterocycles. The average molecular weight is 546 g/mol. The highest BCUT2D eigenvalue weighted by atomic mass is 31.2. The lowest BCUT2D eigenvalue weighted by atomic mass is 9.98. The van der Waals surface area contributed by atoms with Crippen LogP contribution in [0.25, 0.3) is 0 Å².